The normalized spacial score (nSPS) is 22.6. The second-order valence-electron chi connectivity index (χ2n) is 8.26. The van der Waals surface area contributed by atoms with Crippen LogP contribution in [0, 0.1) is 5.92 Å². The molecule has 4 amide bonds. The summed E-state index contributed by atoms with van der Waals surface area (Å²) in [7, 11) is 0. The molecule has 1 saturated heterocycles. The molecule has 1 aromatic carbocycles. The fraction of sp³-hybridized carbons (Fsp3) is 0.545. The van der Waals surface area contributed by atoms with Crippen molar-refractivity contribution < 1.29 is 19.2 Å². The molecule has 0 radical (unpaired) electrons. The molecule has 0 spiro atoms. The first kappa shape index (κ1) is 19.6. The summed E-state index contributed by atoms with van der Waals surface area (Å²) in [5, 5.41) is 3.15. The van der Waals surface area contributed by atoms with Crippen LogP contribution in [0.4, 0.5) is 0 Å². The van der Waals surface area contributed by atoms with E-state index in [1.807, 2.05) is 0 Å². The summed E-state index contributed by atoms with van der Waals surface area (Å²) in [5.74, 6) is -1.34. The number of hydrogen-bond donors (Lipinski definition) is 1. The Morgan fingerprint density at radius 1 is 0.931 bits per heavy atom. The van der Waals surface area contributed by atoms with E-state index < -0.39 is 11.8 Å². The summed E-state index contributed by atoms with van der Waals surface area (Å²) >= 11 is 0. The predicted octanol–water partition coefficient (Wildman–Crippen LogP) is 1.97. The lowest BCUT2D eigenvalue weighted by atomic mass is 9.93. The molecule has 1 saturated carbocycles. The van der Waals surface area contributed by atoms with Crippen molar-refractivity contribution in [1.29, 1.82) is 0 Å². The molecule has 1 aromatic rings. The Kier molecular flexibility index (Phi) is 5.65. The first-order valence-corrected chi connectivity index (χ1v) is 10.6. The fourth-order valence-corrected chi connectivity index (χ4v) is 4.60. The molecule has 0 bridgehead atoms. The van der Waals surface area contributed by atoms with Crippen molar-refractivity contribution in [2.75, 3.05) is 19.6 Å². The van der Waals surface area contributed by atoms with Gasteiger partial charge in [0.1, 0.15) is 6.54 Å². The molecule has 2 aliphatic heterocycles. The molecule has 3 aliphatic rings. The predicted molar refractivity (Wildman–Crippen MR) is 106 cm³/mol. The van der Waals surface area contributed by atoms with E-state index in [2.05, 4.69) is 5.32 Å². The Morgan fingerprint density at radius 2 is 1.59 bits per heavy atom. The molecule has 7 heteroatoms. The number of hydrogen-bond acceptors (Lipinski definition) is 4. The number of nitrogens with one attached hydrogen (secondary N) is 1. The lowest BCUT2D eigenvalue weighted by molar-refractivity contribution is -0.136. The minimum Gasteiger partial charge on any atom is -0.353 e. The third-order valence-electron chi connectivity index (χ3n) is 6.27. The van der Waals surface area contributed by atoms with Crippen LogP contribution >= 0.6 is 0 Å². The molecule has 154 valence electrons. The monoisotopic (exact) mass is 397 g/mol. The lowest BCUT2D eigenvalue weighted by Gasteiger charge is -2.34. The highest BCUT2D eigenvalue weighted by atomic mass is 16.2. The molecule has 29 heavy (non-hydrogen) atoms. The van der Waals surface area contributed by atoms with Gasteiger partial charge in [0.05, 0.1) is 17.0 Å². The van der Waals surface area contributed by atoms with Crippen molar-refractivity contribution >= 4 is 23.6 Å². The highest BCUT2D eigenvalue weighted by Crippen LogP contribution is 2.24. The van der Waals surface area contributed by atoms with Gasteiger partial charge >= 0.3 is 0 Å². The van der Waals surface area contributed by atoms with Crippen LogP contribution in [0.25, 0.3) is 0 Å². The maximum Gasteiger partial charge on any atom is 0.262 e. The highest BCUT2D eigenvalue weighted by molar-refractivity contribution is 6.22. The summed E-state index contributed by atoms with van der Waals surface area (Å²) in [6.45, 7) is 0.624. The van der Waals surface area contributed by atoms with Gasteiger partial charge < -0.3 is 10.2 Å². The first-order valence-electron chi connectivity index (χ1n) is 10.6. The van der Waals surface area contributed by atoms with E-state index in [0.717, 1.165) is 43.4 Å². The van der Waals surface area contributed by atoms with Crippen LogP contribution in [0.3, 0.4) is 0 Å². The molecule has 7 nitrogen and oxygen atoms in total. The molecule has 1 N–H and O–H groups in total. The van der Waals surface area contributed by atoms with E-state index in [1.165, 1.54) is 6.42 Å². The number of nitrogens with zero attached hydrogens (tertiary/aromatic N) is 2. The average molecular weight is 397 g/mol. The molecule has 1 atom stereocenters. The van der Waals surface area contributed by atoms with E-state index in [0.29, 0.717) is 24.2 Å². The third kappa shape index (κ3) is 4.04. The number of likely N-dealkylation sites (tertiary alicyclic amines) is 1. The number of piperidine rings is 1. The Balaban J connectivity index is 1.35. The van der Waals surface area contributed by atoms with Crippen molar-refractivity contribution in [3.8, 4) is 0 Å². The van der Waals surface area contributed by atoms with Gasteiger partial charge in [-0.15, -0.1) is 0 Å². The quantitative estimate of drug-likeness (QED) is 0.787. The van der Waals surface area contributed by atoms with Gasteiger partial charge in [0, 0.05) is 19.1 Å². The van der Waals surface area contributed by atoms with Gasteiger partial charge in [0.2, 0.25) is 11.8 Å². The Morgan fingerprint density at radius 3 is 2.24 bits per heavy atom. The zero-order valence-electron chi connectivity index (χ0n) is 16.6. The number of imide groups is 1. The Bertz CT molecular complexity index is 796. The Hall–Kier alpha value is -2.70. The van der Waals surface area contributed by atoms with Gasteiger partial charge in [-0.05, 0) is 37.8 Å². The van der Waals surface area contributed by atoms with Crippen molar-refractivity contribution in [3.63, 3.8) is 0 Å². The number of carbonyl (C=O) groups excluding carboxylic acids is 4. The van der Waals surface area contributed by atoms with Crippen LogP contribution < -0.4 is 5.32 Å². The summed E-state index contributed by atoms with van der Waals surface area (Å²) in [4.78, 5) is 53.1. The van der Waals surface area contributed by atoms with E-state index in [4.69, 9.17) is 0 Å². The minimum atomic E-state index is -0.428. The van der Waals surface area contributed by atoms with Gasteiger partial charge in [-0.2, -0.15) is 0 Å². The number of amides is 4. The van der Waals surface area contributed by atoms with Gasteiger partial charge in [-0.1, -0.05) is 31.4 Å². The average Bonchev–Trinajstić information content (AvgIpc) is 2.99. The SMILES string of the molecule is O=C(NC1CCCCC1)C1CCCN(C(=O)CN2C(=O)c3ccccc3C2=O)C1. The molecule has 2 fully saturated rings. The van der Waals surface area contributed by atoms with Crippen LogP contribution in [-0.4, -0.2) is 59.1 Å². The summed E-state index contributed by atoms with van der Waals surface area (Å²) in [5.41, 5.74) is 0.683. The van der Waals surface area contributed by atoms with Crippen LogP contribution in [0.5, 0.6) is 0 Å². The van der Waals surface area contributed by atoms with Crippen molar-refractivity contribution in [2.45, 2.75) is 51.0 Å². The maximum atomic E-state index is 12.8. The van der Waals surface area contributed by atoms with E-state index in [9.17, 15) is 19.2 Å². The van der Waals surface area contributed by atoms with Crippen LogP contribution in [-0.2, 0) is 9.59 Å². The number of benzene rings is 1. The fourth-order valence-electron chi connectivity index (χ4n) is 4.60. The summed E-state index contributed by atoms with van der Waals surface area (Å²) in [6.07, 6.45) is 7.10. The zero-order chi connectivity index (χ0) is 20.4. The largest absolute Gasteiger partial charge is 0.353 e. The van der Waals surface area contributed by atoms with Crippen LogP contribution in [0.15, 0.2) is 24.3 Å². The van der Waals surface area contributed by atoms with Gasteiger partial charge in [0.15, 0.2) is 0 Å². The molecular formula is C22H27N3O4. The maximum absolute atomic E-state index is 12.8. The lowest BCUT2D eigenvalue weighted by Crippen LogP contribution is -2.50. The van der Waals surface area contributed by atoms with E-state index >= 15 is 0 Å². The standard InChI is InChI=1S/C22H27N3O4/c26-19(14-25-21(28)17-10-4-5-11-18(17)22(25)29)24-12-6-7-15(13-24)20(27)23-16-8-2-1-3-9-16/h4-5,10-11,15-16H,1-3,6-9,12-14H2,(H,23,27). The minimum absolute atomic E-state index is 0.0233. The van der Waals surface area contributed by atoms with E-state index in [1.54, 1.807) is 29.2 Å². The van der Waals surface area contributed by atoms with Gasteiger partial charge in [0.25, 0.3) is 11.8 Å². The number of carbonyl (C=O) groups is 4. The van der Waals surface area contributed by atoms with Gasteiger partial charge in [-0.3, -0.25) is 24.1 Å². The second kappa shape index (κ2) is 8.35. The molecule has 0 aromatic heterocycles. The van der Waals surface area contributed by atoms with Crippen molar-refractivity contribution in [3.05, 3.63) is 35.4 Å². The summed E-state index contributed by atoms with van der Waals surface area (Å²) < 4.78 is 0. The number of rotatable bonds is 4. The number of fused-ring (bicyclic) bond motifs is 1. The summed E-state index contributed by atoms with van der Waals surface area (Å²) in [6, 6.07) is 6.87. The molecule has 2 heterocycles. The highest BCUT2D eigenvalue weighted by Gasteiger charge is 2.38. The zero-order valence-corrected chi connectivity index (χ0v) is 16.6. The smallest absolute Gasteiger partial charge is 0.262 e. The van der Waals surface area contributed by atoms with Crippen LogP contribution in [0.2, 0.25) is 0 Å². The van der Waals surface area contributed by atoms with Crippen molar-refractivity contribution in [2.24, 2.45) is 5.92 Å². The second-order valence-corrected chi connectivity index (χ2v) is 8.26. The molecular weight excluding hydrogens is 370 g/mol. The topological polar surface area (TPSA) is 86.8 Å². The third-order valence-corrected chi connectivity index (χ3v) is 6.27. The van der Waals surface area contributed by atoms with E-state index in [-0.39, 0.29) is 30.3 Å². The molecule has 4 rings (SSSR count). The molecule has 1 unspecified atom stereocenters. The Labute approximate surface area is 170 Å². The van der Waals surface area contributed by atoms with Gasteiger partial charge in [-0.25, -0.2) is 0 Å². The van der Waals surface area contributed by atoms with Crippen molar-refractivity contribution in [1.82, 2.24) is 15.1 Å². The van der Waals surface area contributed by atoms with Crippen LogP contribution in [0.1, 0.15) is 65.7 Å². The molecule has 1 aliphatic carbocycles. The first-order chi connectivity index (χ1) is 14.0.